The molecule has 1 aliphatic heterocycles. The van der Waals surface area contributed by atoms with Crippen LogP contribution >= 0.6 is 11.3 Å². The van der Waals surface area contributed by atoms with E-state index in [4.69, 9.17) is 5.11 Å². The molecule has 0 saturated carbocycles. The Morgan fingerprint density at radius 2 is 1.96 bits per heavy atom. The van der Waals surface area contributed by atoms with Gasteiger partial charge in [-0.3, -0.25) is 14.4 Å². The standard InChI is InChI=1S/C19H20N2O4S/c22-17(16-4-2-10-26-16)20-11-13-5-7-14(8-6-13)18(23)21-9-1-3-15(12-21)19(24)25/h2,4-8,10,15H,1,3,9,11-12H2,(H,20,22)(H,24,25)/t15-/m1/s1. The number of nitrogens with one attached hydrogen (secondary N) is 1. The van der Waals surface area contributed by atoms with Gasteiger partial charge in [0.15, 0.2) is 0 Å². The van der Waals surface area contributed by atoms with Crippen molar-refractivity contribution in [1.82, 2.24) is 10.2 Å². The number of nitrogens with zero attached hydrogens (tertiary/aromatic N) is 1. The number of thiophene rings is 1. The van der Waals surface area contributed by atoms with E-state index in [9.17, 15) is 14.4 Å². The first-order valence-electron chi connectivity index (χ1n) is 8.47. The van der Waals surface area contributed by atoms with E-state index < -0.39 is 11.9 Å². The molecule has 1 saturated heterocycles. The van der Waals surface area contributed by atoms with Crippen LogP contribution in [0.15, 0.2) is 41.8 Å². The van der Waals surface area contributed by atoms with Crippen molar-refractivity contribution in [2.24, 2.45) is 5.92 Å². The first-order valence-corrected chi connectivity index (χ1v) is 9.35. The number of carbonyl (C=O) groups is 3. The molecular weight excluding hydrogens is 352 g/mol. The normalized spacial score (nSPS) is 16.9. The predicted octanol–water partition coefficient (Wildman–Crippen LogP) is 2.61. The number of aliphatic carboxylic acids is 1. The monoisotopic (exact) mass is 372 g/mol. The Kier molecular flexibility index (Phi) is 5.68. The van der Waals surface area contributed by atoms with Crippen molar-refractivity contribution >= 4 is 29.1 Å². The molecule has 0 bridgehead atoms. The maximum Gasteiger partial charge on any atom is 0.308 e. The second-order valence-electron chi connectivity index (χ2n) is 6.29. The molecule has 2 N–H and O–H groups in total. The van der Waals surface area contributed by atoms with Crippen LogP contribution in [0.5, 0.6) is 0 Å². The molecule has 1 atom stereocenters. The van der Waals surface area contributed by atoms with Crippen molar-refractivity contribution in [3.63, 3.8) is 0 Å². The third-order valence-electron chi connectivity index (χ3n) is 4.46. The molecule has 6 nitrogen and oxygen atoms in total. The minimum Gasteiger partial charge on any atom is -0.481 e. The number of likely N-dealkylation sites (tertiary alicyclic amines) is 1. The number of hydrogen-bond acceptors (Lipinski definition) is 4. The Balaban J connectivity index is 1.57. The van der Waals surface area contributed by atoms with Gasteiger partial charge in [0.25, 0.3) is 11.8 Å². The lowest BCUT2D eigenvalue weighted by Gasteiger charge is -2.30. The van der Waals surface area contributed by atoms with E-state index in [1.807, 2.05) is 11.4 Å². The minimum atomic E-state index is -0.848. The zero-order valence-electron chi connectivity index (χ0n) is 14.2. The fourth-order valence-corrected chi connectivity index (χ4v) is 3.63. The fourth-order valence-electron chi connectivity index (χ4n) is 2.99. The zero-order valence-corrected chi connectivity index (χ0v) is 15.0. The van der Waals surface area contributed by atoms with Crippen LogP contribution in [0.2, 0.25) is 0 Å². The number of amides is 2. The third kappa shape index (κ3) is 4.29. The lowest BCUT2D eigenvalue weighted by atomic mass is 9.97. The van der Waals surface area contributed by atoms with E-state index in [1.165, 1.54) is 11.3 Å². The van der Waals surface area contributed by atoms with Gasteiger partial charge in [0, 0.05) is 25.2 Å². The Labute approximate surface area is 155 Å². The Bertz CT molecular complexity index is 786. The number of carbonyl (C=O) groups excluding carboxylic acids is 2. The number of carboxylic acids is 1. The summed E-state index contributed by atoms with van der Waals surface area (Å²) in [5, 5.41) is 13.8. The van der Waals surface area contributed by atoms with Gasteiger partial charge >= 0.3 is 5.97 Å². The van der Waals surface area contributed by atoms with Crippen LogP contribution in [0.25, 0.3) is 0 Å². The molecule has 0 radical (unpaired) electrons. The molecule has 0 unspecified atom stereocenters. The van der Waals surface area contributed by atoms with Crippen LogP contribution < -0.4 is 5.32 Å². The largest absolute Gasteiger partial charge is 0.481 e. The van der Waals surface area contributed by atoms with Crippen LogP contribution in [0.4, 0.5) is 0 Å². The van der Waals surface area contributed by atoms with Crippen molar-refractivity contribution in [3.8, 4) is 0 Å². The predicted molar refractivity (Wildman–Crippen MR) is 98.2 cm³/mol. The molecule has 7 heteroatoms. The van der Waals surface area contributed by atoms with E-state index in [0.717, 1.165) is 5.56 Å². The maximum atomic E-state index is 12.6. The second kappa shape index (κ2) is 8.14. The number of benzene rings is 1. The SMILES string of the molecule is O=C(NCc1ccc(C(=O)N2CCC[C@@H](C(=O)O)C2)cc1)c1cccs1. The molecule has 26 heavy (non-hydrogen) atoms. The highest BCUT2D eigenvalue weighted by Crippen LogP contribution is 2.19. The average Bonchev–Trinajstić information content (AvgIpc) is 3.21. The number of hydrogen-bond donors (Lipinski definition) is 2. The van der Waals surface area contributed by atoms with Gasteiger partial charge in [-0.1, -0.05) is 18.2 Å². The van der Waals surface area contributed by atoms with Gasteiger partial charge in [-0.25, -0.2) is 0 Å². The summed E-state index contributed by atoms with van der Waals surface area (Å²) in [5.41, 5.74) is 1.43. The number of piperidine rings is 1. The van der Waals surface area contributed by atoms with Crippen molar-refractivity contribution in [2.75, 3.05) is 13.1 Å². The Hall–Kier alpha value is -2.67. The van der Waals surface area contributed by atoms with Crippen molar-refractivity contribution in [1.29, 1.82) is 0 Å². The second-order valence-corrected chi connectivity index (χ2v) is 7.23. The first kappa shape index (κ1) is 18.1. The van der Waals surface area contributed by atoms with Crippen molar-refractivity contribution in [3.05, 3.63) is 57.8 Å². The molecule has 0 spiro atoms. The quantitative estimate of drug-likeness (QED) is 0.845. The van der Waals surface area contributed by atoms with Gasteiger partial charge in [-0.15, -0.1) is 11.3 Å². The first-order chi connectivity index (χ1) is 12.5. The highest BCUT2D eigenvalue weighted by atomic mass is 32.1. The molecular formula is C19H20N2O4S. The molecule has 2 heterocycles. The molecule has 1 aromatic carbocycles. The van der Waals surface area contributed by atoms with Gasteiger partial charge in [0.05, 0.1) is 10.8 Å². The lowest BCUT2D eigenvalue weighted by molar-refractivity contribution is -0.143. The van der Waals surface area contributed by atoms with Crippen molar-refractivity contribution < 1.29 is 19.5 Å². The van der Waals surface area contributed by atoms with Gasteiger partial charge in [0.2, 0.25) is 0 Å². The lowest BCUT2D eigenvalue weighted by Crippen LogP contribution is -2.42. The fraction of sp³-hybridized carbons (Fsp3) is 0.316. The number of rotatable bonds is 5. The topological polar surface area (TPSA) is 86.7 Å². The van der Waals surface area contributed by atoms with Gasteiger partial charge in [-0.05, 0) is 42.0 Å². The summed E-state index contributed by atoms with van der Waals surface area (Å²) in [7, 11) is 0. The molecule has 0 aliphatic carbocycles. The summed E-state index contributed by atoms with van der Waals surface area (Å²) >= 11 is 1.39. The van der Waals surface area contributed by atoms with E-state index >= 15 is 0 Å². The van der Waals surface area contributed by atoms with Crippen LogP contribution in [-0.4, -0.2) is 40.9 Å². The molecule has 2 amide bonds. The summed E-state index contributed by atoms with van der Waals surface area (Å²) in [6.07, 6.45) is 1.32. The van der Waals surface area contributed by atoms with Gasteiger partial charge < -0.3 is 15.3 Å². The average molecular weight is 372 g/mol. The van der Waals surface area contributed by atoms with E-state index in [2.05, 4.69) is 5.32 Å². The highest BCUT2D eigenvalue weighted by Gasteiger charge is 2.28. The van der Waals surface area contributed by atoms with E-state index in [1.54, 1.807) is 35.2 Å². The van der Waals surface area contributed by atoms with Crippen molar-refractivity contribution in [2.45, 2.75) is 19.4 Å². The molecule has 1 fully saturated rings. The van der Waals surface area contributed by atoms with Gasteiger partial charge in [0.1, 0.15) is 0 Å². The smallest absolute Gasteiger partial charge is 0.308 e. The Morgan fingerprint density at radius 1 is 1.19 bits per heavy atom. The maximum absolute atomic E-state index is 12.6. The summed E-state index contributed by atoms with van der Waals surface area (Å²) in [6.45, 7) is 1.23. The Morgan fingerprint density at radius 3 is 2.62 bits per heavy atom. The zero-order chi connectivity index (χ0) is 18.5. The van der Waals surface area contributed by atoms with Crippen LogP contribution in [0.1, 0.15) is 38.4 Å². The third-order valence-corrected chi connectivity index (χ3v) is 5.33. The van der Waals surface area contributed by atoms with Crippen LogP contribution in [0, 0.1) is 5.92 Å². The molecule has 1 aliphatic rings. The summed E-state index contributed by atoms with van der Waals surface area (Å²) in [6, 6.07) is 10.7. The molecule has 3 rings (SSSR count). The van der Waals surface area contributed by atoms with E-state index in [-0.39, 0.29) is 18.4 Å². The summed E-state index contributed by atoms with van der Waals surface area (Å²) in [4.78, 5) is 37.9. The molecule has 136 valence electrons. The number of carboxylic acid groups (broad SMARTS) is 1. The van der Waals surface area contributed by atoms with Crippen LogP contribution in [0.3, 0.4) is 0 Å². The van der Waals surface area contributed by atoms with Gasteiger partial charge in [-0.2, -0.15) is 0 Å². The minimum absolute atomic E-state index is 0.117. The highest BCUT2D eigenvalue weighted by molar-refractivity contribution is 7.12. The summed E-state index contributed by atoms with van der Waals surface area (Å²) in [5.74, 6) is -1.60. The molecule has 2 aromatic rings. The van der Waals surface area contributed by atoms with Crippen LogP contribution in [-0.2, 0) is 11.3 Å². The summed E-state index contributed by atoms with van der Waals surface area (Å²) < 4.78 is 0. The van der Waals surface area contributed by atoms with E-state index in [0.29, 0.717) is 36.4 Å². The molecule has 1 aromatic heterocycles.